The average molecular weight is 311 g/mol. The molecule has 0 saturated carbocycles. The van der Waals surface area contributed by atoms with E-state index < -0.39 is 0 Å². The monoisotopic (exact) mass is 310 g/mol. The summed E-state index contributed by atoms with van der Waals surface area (Å²) in [5.41, 5.74) is 3.22. The van der Waals surface area contributed by atoms with Crippen LogP contribution in [-0.2, 0) is 0 Å². The van der Waals surface area contributed by atoms with E-state index in [1.54, 1.807) is 24.3 Å². The third kappa shape index (κ3) is 3.07. The van der Waals surface area contributed by atoms with Crippen LogP contribution in [0.25, 0.3) is 0 Å². The highest BCUT2D eigenvalue weighted by atomic mass is 35.5. The van der Waals surface area contributed by atoms with Crippen molar-refractivity contribution in [2.75, 3.05) is 0 Å². The second kappa shape index (κ2) is 6.12. The molecule has 3 aromatic carbocycles. The van der Waals surface area contributed by atoms with E-state index in [-0.39, 0.29) is 17.4 Å². The summed E-state index contributed by atoms with van der Waals surface area (Å²) < 4.78 is 0. The van der Waals surface area contributed by atoms with Gasteiger partial charge in [0.1, 0.15) is 11.5 Å². The number of aromatic hydroxyl groups is 2. The molecule has 0 atom stereocenters. The Kier molecular flexibility index (Phi) is 4.03. The van der Waals surface area contributed by atoms with E-state index >= 15 is 0 Å². The number of hydrogen-bond donors (Lipinski definition) is 2. The van der Waals surface area contributed by atoms with Crippen molar-refractivity contribution in [3.63, 3.8) is 0 Å². The van der Waals surface area contributed by atoms with Crippen molar-refractivity contribution in [2.45, 2.75) is 5.92 Å². The quantitative estimate of drug-likeness (QED) is 0.673. The van der Waals surface area contributed by atoms with E-state index in [9.17, 15) is 10.2 Å². The Bertz CT molecular complexity index is 639. The zero-order chi connectivity index (χ0) is 15.5. The van der Waals surface area contributed by atoms with Crippen molar-refractivity contribution in [2.24, 2.45) is 0 Å². The minimum Gasteiger partial charge on any atom is -0.508 e. The standard InChI is InChI=1S/C19H15ClO2/c20-16-7-1-13(2-8-16)19(14-3-9-17(21)10-4-14)15-5-11-18(22)12-6-15/h1-12,19,21-22H. The van der Waals surface area contributed by atoms with Crippen molar-refractivity contribution in [1.82, 2.24) is 0 Å². The second-order valence-electron chi connectivity index (χ2n) is 5.17. The third-order valence-corrected chi connectivity index (χ3v) is 3.91. The first-order chi connectivity index (χ1) is 10.6. The summed E-state index contributed by atoms with van der Waals surface area (Å²) in [5, 5.41) is 19.7. The van der Waals surface area contributed by atoms with Crippen LogP contribution in [0.4, 0.5) is 0 Å². The van der Waals surface area contributed by atoms with E-state index in [4.69, 9.17) is 11.6 Å². The molecule has 0 amide bonds. The third-order valence-electron chi connectivity index (χ3n) is 3.66. The molecule has 0 saturated heterocycles. The predicted octanol–water partition coefficient (Wildman–Crippen LogP) is 4.93. The maximum absolute atomic E-state index is 9.50. The molecule has 2 nitrogen and oxygen atoms in total. The van der Waals surface area contributed by atoms with Crippen LogP contribution in [-0.4, -0.2) is 10.2 Å². The molecule has 3 aromatic rings. The minimum atomic E-state index is 0.0125. The molecule has 0 aromatic heterocycles. The molecule has 0 aliphatic heterocycles. The van der Waals surface area contributed by atoms with Gasteiger partial charge in [-0.3, -0.25) is 0 Å². The fraction of sp³-hybridized carbons (Fsp3) is 0.0526. The first-order valence-electron chi connectivity index (χ1n) is 6.97. The van der Waals surface area contributed by atoms with Gasteiger partial charge in [0.2, 0.25) is 0 Å². The Labute approximate surface area is 134 Å². The Hall–Kier alpha value is -2.45. The lowest BCUT2D eigenvalue weighted by molar-refractivity contribution is 0.475. The molecule has 0 aliphatic carbocycles. The van der Waals surface area contributed by atoms with Gasteiger partial charge in [-0.25, -0.2) is 0 Å². The van der Waals surface area contributed by atoms with Crippen LogP contribution in [0.5, 0.6) is 11.5 Å². The summed E-state index contributed by atoms with van der Waals surface area (Å²) in [6, 6.07) is 22.1. The minimum absolute atomic E-state index is 0.0125. The molecule has 3 rings (SSSR count). The molecule has 0 radical (unpaired) electrons. The average Bonchev–Trinajstić information content (AvgIpc) is 2.53. The van der Waals surface area contributed by atoms with Crippen LogP contribution < -0.4 is 0 Å². The molecule has 110 valence electrons. The zero-order valence-electron chi connectivity index (χ0n) is 11.8. The van der Waals surface area contributed by atoms with Gasteiger partial charge in [0.05, 0.1) is 0 Å². The summed E-state index contributed by atoms with van der Waals surface area (Å²) in [6.07, 6.45) is 0. The van der Waals surface area contributed by atoms with Gasteiger partial charge in [0, 0.05) is 10.9 Å². The van der Waals surface area contributed by atoms with Crippen LogP contribution in [0.15, 0.2) is 72.8 Å². The van der Waals surface area contributed by atoms with Gasteiger partial charge in [-0.2, -0.15) is 0 Å². The van der Waals surface area contributed by atoms with E-state index in [2.05, 4.69) is 0 Å². The lowest BCUT2D eigenvalue weighted by atomic mass is 9.85. The largest absolute Gasteiger partial charge is 0.508 e. The highest BCUT2D eigenvalue weighted by molar-refractivity contribution is 6.30. The van der Waals surface area contributed by atoms with Gasteiger partial charge in [-0.1, -0.05) is 48.0 Å². The fourth-order valence-electron chi connectivity index (χ4n) is 2.57. The van der Waals surface area contributed by atoms with Gasteiger partial charge in [-0.05, 0) is 53.1 Å². The molecule has 0 bridgehead atoms. The fourth-order valence-corrected chi connectivity index (χ4v) is 2.69. The van der Waals surface area contributed by atoms with Crippen molar-refractivity contribution >= 4 is 11.6 Å². The van der Waals surface area contributed by atoms with Crippen LogP contribution in [0.2, 0.25) is 5.02 Å². The number of rotatable bonds is 3. The number of phenols is 2. The number of phenolic OH excluding ortho intramolecular Hbond substituents is 2. The van der Waals surface area contributed by atoms with Gasteiger partial charge < -0.3 is 10.2 Å². The Morgan fingerprint density at radius 1 is 0.545 bits per heavy atom. The van der Waals surface area contributed by atoms with Crippen molar-refractivity contribution < 1.29 is 10.2 Å². The number of hydrogen-bond acceptors (Lipinski definition) is 2. The molecular formula is C19H15ClO2. The van der Waals surface area contributed by atoms with E-state index in [0.29, 0.717) is 5.02 Å². The summed E-state index contributed by atoms with van der Waals surface area (Å²) in [7, 11) is 0. The molecule has 2 N–H and O–H groups in total. The SMILES string of the molecule is Oc1ccc(C(c2ccc(O)cc2)c2ccc(Cl)cc2)cc1. The Morgan fingerprint density at radius 3 is 1.23 bits per heavy atom. The highest BCUT2D eigenvalue weighted by Gasteiger charge is 2.16. The molecule has 0 fully saturated rings. The van der Waals surface area contributed by atoms with Crippen LogP contribution in [0.3, 0.4) is 0 Å². The summed E-state index contributed by atoms with van der Waals surface area (Å²) in [5.74, 6) is 0.493. The normalized spacial score (nSPS) is 10.8. The Morgan fingerprint density at radius 2 is 0.864 bits per heavy atom. The van der Waals surface area contributed by atoms with Crippen LogP contribution >= 0.6 is 11.6 Å². The van der Waals surface area contributed by atoms with Crippen LogP contribution in [0, 0.1) is 0 Å². The molecular weight excluding hydrogens is 296 g/mol. The van der Waals surface area contributed by atoms with E-state index in [1.165, 1.54) is 0 Å². The molecule has 0 spiro atoms. The highest BCUT2D eigenvalue weighted by Crippen LogP contribution is 2.33. The van der Waals surface area contributed by atoms with Crippen molar-refractivity contribution in [1.29, 1.82) is 0 Å². The first-order valence-corrected chi connectivity index (χ1v) is 7.34. The smallest absolute Gasteiger partial charge is 0.115 e. The predicted molar refractivity (Wildman–Crippen MR) is 88.6 cm³/mol. The van der Waals surface area contributed by atoms with Crippen molar-refractivity contribution in [3.05, 3.63) is 94.5 Å². The van der Waals surface area contributed by atoms with E-state index in [0.717, 1.165) is 16.7 Å². The van der Waals surface area contributed by atoms with E-state index in [1.807, 2.05) is 48.5 Å². The van der Waals surface area contributed by atoms with Gasteiger partial charge >= 0.3 is 0 Å². The summed E-state index contributed by atoms with van der Waals surface area (Å²) >= 11 is 5.98. The topological polar surface area (TPSA) is 40.5 Å². The number of halogens is 1. The molecule has 0 heterocycles. The van der Waals surface area contributed by atoms with Gasteiger partial charge in [0.25, 0.3) is 0 Å². The lowest BCUT2D eigenvalue weighted by Crippen LogP contribution is -2.03. The zero-order valence-corrected chi connectivity index (χ0v) is 12.5. The maximum atomic E-state index is 9.50. The maximum Gasteiger partial charge on any atom is 0.115 e. The Balaban J connectivity index is 2.10. The van der Waals surface area contributed by atoms with Crippen molar-refractivity contribution in [3.8, 4) is 11.5 Å². The van der Waals surface area contributed by atoms with Crippen LogP contribution in [0.1, 0.15) is 22.6 Å². The number of benzene rings is 3. The molecule has 3 heteroatoms. The van der Waals surface area contributed by atoms with Gasteiger partial charge in [0.15, 0.2) is 0 Å². The molecule has 22 heavy (non-hydrogen) atoms. The molecule has 0 unspecified atom stereocenters. The molecule has 0 aliphatic rings. The second-order valence-corrected chi connectivity index (χ2v) is 5.60. The summed E-state index contributed by atoms with van der Waals surface area (Å²) in [4.78, 5) is 0. The van der Waals surface area contributed by atoms with Gasteiger partial charge in [-0.15, -0.1) is 0 Å². The first kappa shape index (κ1) is 14.5. The lowest BCUT2D eigenvalue weighted by Gasteiger charge is -2.19. The summed E-state index contributed by atoms with van der Waals surface area (Å²) in [6.45, 7) is 0.